The second kappa shape index (κ2) is 7.42. The lowest BCUT2D eigenvalue weighted by Crippen LogP contribution is -1.85. The lowest BCUT2D eigenvalue weighted by Gasteiger charge is -2.12. The van der Waals surface area contributed by atoms with Crippen LogP contribution in [0.5, 0.6) is 0 Å². The van der Waals surface area contributed by atoms with E-state index in [0.29, 0.717) is 0 Å². The molecule has 4 aromatic rings. The average molecular weight is 338 g/mol. The Bertz CT molecular complexity index is 945. The largest absolute Gasteiger partial charge is 0.0894 e. The maximum atomic E-state index is 2.30. The summed E-state index contributed by atoms with van der Waals surface area (Å²) in [4.78, 5) is 2.53. The zero-order chi connectivity index (χ0) is 16.9. The molecule has 0 aliphatic rings. The molecule has 25 heavy (non-hydrogen) atoms. The zero-order valence-corrected chi connectivity index (χ0v) is 14.6. The predicted octanol–water partition coefficient (Wildman–Crippen LogP) is 7.17. The first-order valence-electron chi connectivity index (χ1n) is 8.38. The van der Waals surface area contributed by atoms with Crippen LogP contribution in [0.25, 0.3) is 22.3 Å². The van der Waals surface area contributed by atoms with Crippen LogP contribution in [-0.4, -0.2) is 0 Å². The molecule has 4 aromatic carbocycles. The summed E-state index contributed by atoms with van der Waals surface area (Å²) in [6, 6.07) is 38.5. The SMILES string of the molecule is c1ccc(Sc2cc(-c3ccccc3)ccc2-c2ccccc2)cc1. The van der Waals surface area contributed by atoms with Gasteiger partial charge < -0.3 is 0 Å². The highest BCUT2D eigenvalue weighted by Crippen LogP contribution is 2.38. The molecule has 0 bridgehead atoms. The van der Waals surface area contributed by atoms with Gasteiger partial charge in [-0.1, -0.05) is 103 Å². The van der Waals surface area contributed by atoms with Gasteiger partial charge in [0.25, 0.3) is 0 Å². The Morgan fingerprint density at radius 3 is 1.64 bits per heavy atom. The molecule has 0 amide bonds. The Morgan fingerprint density at radius 2 is 1.00 bits per heavy atom. The molecule has 120 valence electrons. The molecule has 0 aliphatic heterocycles. The molecule has 0 radical (unpaired) electrons. The van der Waals surface area contributed by atoms with Gasteiger partial charge in [0.05, 0.1) is 0 Å². The van der Waals surface area contributed by atoms with Gasteiger partial charge in [-0.2, -0.15) is 0 Å². The number of hydrogen-bond donors (Lipinski definition) is 0. The summed E-state index contributed by atoms with van der Waals surface area (Å²) >= 11 is 1.82. The highest BCUT2D eigenvalue weighted by atomic mass is 32.2. The molecule has 0 unspecified atom stereocenters. The zero-order valence-electron chi connectivity index (χ0n) is 13.8. The smallest absolute Gasteiger partial charge is 0.0207 e. The van der Waals surface area contributed by atoms with Crippen molar-refractivity contribution in [3.05, 3.63) is 109 Å². The van der Waals surface area contributed by atoms with E-state index in [9.17, 15) is 0 Å². The van der Waals surface area contributed by atoms with Gasteiger partial charge in [0.15, 0.2) is 0 Å². The fraction of sp³-hybridized carbons (Fsp3) is 0. The van der Waals surface area contributed by atoms with Crippen molar-refractivity contribution in [3.8, 4) is 22.3 Å². The number of benzene rings is 4. The topological polar surface area (TPSA) is 0 Å². The van der Waals surface area contributed by atoms with Crippen molar-refractivity contribution in [1.82, 2.24) is 0 Å². The van der Waals surface area contributed by atoms with E-state index in [1.807, 2.05) is 11.8 Å². The second-order valence-corrected chi connectivity index (χ2v) is 6.97. The molecule has 0 spiro atoms. The Labute approximate surface area is 153 Å². The molecule has 0 saturated heterocycles. The highest BCUT2D eigenvalue weighted by Gasteiger charge is 2.09. The summed E-state index contributed by atoms with van der Waals surface area (Å²) in [6.45, 7) is 0. The van der Waals surface area contributed by atoms with Crippen molar-refractivity contribution in [2.75, 3.05) is 0 Å². The third-order valence-corrected chi connectivity index (χ3v) is 5.21. The van der Waals surface area contributed by atoms with Gasteiger partial charge in [-0.05, 0) is 40.5 Å². The van der Waals surface area contributed by atoms with E-state index in [-0.39, 0.29) is 0 Å². The fourth-order valence-corrected chi connectivity index (χ4v) is 3.92. The van der Waals surface area contributed by atoms with Gasteiger partial charge in [0.2, 0.25) is 0 Å². The van der Waals surface area contributed by atoms with Gasteiger partial charge in [-0.15, -0.1) is 0 Å². The van der Waals surface area contributed by atoms with Crippen molar-refractivity contribution in [2.24, 2.45) is 0 Å². The number of hydrogen-bond acceptors (Lipinski definition) is 1. The van der Waals surface area contributed by atoms with Gasteiger partial charge in [0.1, 0.15) is 0 Å². The minimum atomic E-state index is 1.25. The molecule has 0 aromatic heterocycles. The summed E-state index contributed by atoms with van der Waals surface area (Å²) in [5.41, 5.74) is 5.02. The van der Waals surface area contributed by atoms with E-state index in [0.717, 1.165) is 0 Å². The molecular weight excluding hydrogens is 320 g/mol. The van der Waals surface area contributed by atoms with Gasteiger partial charge in [-0.25, -0.2) is 0 Å². The lowest BCUT2D eigenvalue weighted by atomic mass is 10.0. The van der Waals surface area contributed by atoms with Crippen molar-refractivity contribution in [1.29, 1.82) is 0 Å². The summed E-state index contributed by atoms with van der Waals surface area (Å²) in [6.07, 6.45) is 0. The van der Waals surface area contributed by atoms with Crippen LogP contribution in [0.4, 0.5) is 0 Å². The van der Waals surface area contributed by atoms with Crippen molar-refractivity contribution >= 4 is 11.8 Å². The predicted molar refractivity (Wildman–Crippen MR) is 108 cm³/mol. The van der Waals surface area contributed by atoms with Crippen LogP contribution in [0.15, 0.2) is 119 Å². The third-order valence-electron chi connectivity index (χ3n) is 4.14. The van der Waals surface area contributed by atoms with Crippen LogP contribution in [0.2, 0.25) is 0 Å². The van der Waals surface area contributed by atoms with Crippen LogP contribution < -0.4 is 0 Å². The van der Waals surface area contributed by atoms with E-state index in [2.05, 4.69) is 109 Å². The van der Waals surface area contributed by atoms with Crippen LogP contribution in [0.3, 0.4) is 0 Å². The minimum Gasteiger partial charge on any atom is -0.0894 e. The first-order valence-corrected chi connectivity index (χ1v) is 9.19. The first-order chi connectivity index (χ1) is 12.4. The molecule has 4 rings (SSSR count). The Morgan fingerprint density at radius 1 is 0.440 bits per heavy atom. The van der Waals surface area contributed by atoms with Gasteiger partial charge >= 0.3 is 0 Å². The summed E-state index contributed by atoms with van der Waals surface area (Å²) in [7, 11) is 0. The molecule has 0 fully saturated rings. The monoisotopic (exact) mass is 338 g/mol. The van der Waals surface area contributed by atoms with Crippen LogP contribution in [-0.2, 0) is 0 Å². The van der Waals surface area contributed by atoms with Crippen LogP contribution >= 0.6 is 11.8 Å². The molecule has 0 heterocycles. The summed E-state index contributed by atoms with van der Waals surface area (Å²) in [5, 5.41) is 0. The minimum absolute atomic E-state index is 1.25. The first kappa shape index (κ1) is 15.7. The van der Waals surface area contributed by atoms with E-state index < -0.39 is 0 Å². The number of rotatable bonds is 4. The quantitative estimate of drug-likeness (QED) is 0.380. The maximum absolute atomic E-state index is 2.30. The van der Waals surface area contributed by atoms with Crippen molar-refractivity contribution < 1.29 is 0 Å². The van der Waals surface area contributed by atoms with Gasteiger partial charge in [0, 0.05) is 9.79 Å². The summed E-state index contributed by atoms with van der Waals surface area (Å²) in [5.74, 6) is 0. The Balaban J connectivity index is 1.81. The fourth-order valence-electron chi connectivity index (χ4n) is 2.89. The van der Waals surface area contributed by atoms with Crippen molar-refractivity contribution in [2.45, 2.75) is 9.79 Å². The molecular formula is C24H18S. The second-order valence-electron chi connectivity index (χ2n) is 5.86. The van der Waals surface area contributed by atoms with E-state index in [1.54, 1.807) is 0 Å². The maximum Gasteiger partial charge on any atom is 0.0207 e. The third kappa shape index (κ3) is 3.67. The van der Waals surface area contributed by atoms with Crippen molar-refractivity contribution in [3.63, 3.8) is 0 Å². The van der Waals surface area contributed by atoms with E-state index >= 15 is 0 Å². The van der Waals surface area contributed by atoms with E-state index in [4.69, 9.17) is 0 Å². The Hall–Kier alpha value is -2.77. The average Bonchev–Trinajstić information content (AvgIpc) is 2.70. The molecule has 0 N–H and O–H groups in total. The summed E-state index contributed by atoms with van der Waals surface area (Å²) < 4.78 is 0. The molecule has 0 saturated carbocycles. The van der Waals surface area contributed by atoms with Crippen LogP contribution in [0, 0.1) is 0 Å². The molecule has 0 aliphatic carbocycles. The standard InChI is InChI=1S/C24H18S/c1-4-10-19(11-5-1)21-16-17-23(20-12-6-2-7-13-20)24(18-21)25-22-14-8-3-9-15-22/h1-18H. The molecule has 0 atom stereocenters. The van der Waals surface area contributed by atoms with Crippen LogP contribution in [0.1, 0.15) is 0 Å². The molecule has 0 nitrogen and oxygen atoms in total. The highest BCUT2D eigenvalue weighted by molar-refractivity contribution is 7.99. The van der Waals surface area contributed by atoms with Gasteiger partial charge in [-0.3, -0.25) is 0 Å². The Kier molecular flexibility index (Phi) is 4.67. The normalized spacial score (nSPS) is 10.6. The molecule has 1 heteroatoms. The van der Waals surface area contributed by atoms with E-state index in [1.165, 1.54) is 32.0 Å². The lowest BCUT2D eigenvalue weighted by molar-refractivity contribution is 1.40.